The van der Waals surface area contributed by atoms with Gasteiger partial charge in [-0.25, -0.2) is 13.2 Å². The Labute approximate surface area is 314 Å². The highest BCUT2D eigenvalue weighted by Gasteiger charge is 2.62. The van der Waals surface area contributed by atoms with Crippen LogP contribution in [0.25, 0.3) is 11.1 Å². The summed E-state index contributed by atoms with van der Waals surface area (Å²) < 4.78 is 39.2. The van der Waals surface area contributed by atoms with E-state index >= 15 is 0 Å². The third kappa shape index (κ3) is 8.53. The zero-order valence-corrected chi connectivity index (χ0v) is 30.8. The van der Waals surface area contributed by atoms with Crippen LogP contribution < -0.4 is 25.4 Å². The molecule has 2 aromatic rings. The highest BCUT2D eigenvalue weighted by atomic mass is 32.2. The fraction of sp³-hybridized carbons (Fsp3) is 0.526. The number of rotatable bonds is 3. The normalized spacial score (nSPS) is 28.9. The quantitative estimate of drug-likeness (QED) is 0.337. The maximum atomic E-state index is 14.4. The summed E-state index contributed by atoms with van der Waals surface area (Å²) in [6.45, 7) is 0.428. The number of sulfonamides is 1. The molecule has 4 N–H and O–H groups in total. The average Bonchev–Trinajstić information content (AvgIpc) is 4.08. The van der Waals surface area contributed by atoms with Gasteiger partial charge in [0.15, 0.2) is 0 Å². The van der Waals surface area contributed by atoms with E-state index in [1.165, 1.54) is 11.1 Å². The number of carbonyl (C=O) groups is 5. The smallest absolute Gasteiger partial charge is 0.407 e. The predicted octanol–water partition coefficient (Wildman–Crippen LogP) is 2.72. The van der Waals surface area contributed by atoms with Crippen molar-refractivity contribution in [1.82, 2.24) is 30.6 Å². The molecule has 0 radical (unpaired) electrons. The molecule has 15 nitrogen and oxygen atoms in total. The highest BCUT2D eigenvalue weighted by molar-refractivity contribution is 7.91. The summed E-state index contributed by atoms with van der Waals surface area (Å²) in [5, 5.41) is 7.87. The maximum Gasteiger partial charge on any atom is 0.407 e. The summed E-state index contributed by atoms with van der Waals surface area (Å²) in [6.07, 6.45) is 11.4. The van der Waals surface area contributed by atoms with Crippen LogP contribution in [-0.2, 0) is 29.1 Å². The second kappa shape index (κ2) is 15.8. The number of cyclic esters (lactones) is 1. The van der Waals surface area contributed by atoms with Gasteiger partial charge in [-0.15, -0.1) is 0 Å². The number of fused-ring (bicyclic) bond motifs is 8. The largest absolute Gasteiger partial charge is 0.494 e. The van der Waals surface area contributed by atoms with Crippen LogP contribution >= 0.6 is 0 Å². The van der Waals surface area contributed by atoms with E-state index in [1.807, 2.05) is 36.4 Å². The lowest BCUT2D eigenvalue weighted by molar-refractivity contribution is -0.141. The second-order valence-corrected chi connectivity index (χ2v) is 16.8. The molecular weight excluding hydrogens is 717 g/mol. The van der Waals surface area contributed by atoms with Crippen LogP contribution in [0.5, 0.6) is 5.75 Å². The van der Waals surface area contributed by atoms with Gasteiger partial charge in [-0.1, -0.05) is 37.1 Å². The van der Waals surface area contributed by atoms with Crippen molar-refractivity contribution in [2.45, 2.75) is 99.5 Å². The van der Waals surface area contributed by atoms with Gasteiger partial charge in [-0.3, -0.25) is 28.9 Å². The predicted molar refractivity (Wildman–Crippen MR) is 195 cm³/mol. The molecule has 1 saturated heterocycles. The third-order valence-electron chi connectivity index (χ3n) is 10.7. The first-order valence-electron chi connectivity index (χ1n) is 18.8. The molecule has 1 unspecified atom stereocenters. The monoisotopic (exact) mass is 762 g/mol. The molecule has 5 atom stereocenters. The van der Waals surface area contributed by atoms with Crippen LogP contribution in [0.3, 0.4) is 0 Å². The van der Waals surface area contributed by atoms with E-state index in [4.69, 9.17) is 9.47 Å². The summed E-state index contributed by atoms with van der Waals surface area (Å²) in [6, 6.07) is 6.25. The van der Waals surface area contributed by atoms with Gasteiger partial charge in [0.2, 0.25) is 21.8 Å². The molecule has 3 fully saturated rings. The fourth-order valence-electron chi connectivity index (χ4n) is 7.40. The van der Waals surface area contributed by atoms with Crippen molar-refractivity contribution in [1.29, 1.82) is 0 Å². The van der Waals surface area contributed by atoms with Crippen LogP contribution in [0, 0.1) is 5.92 Å². The molecule has 54 heavy (non-hydrogen) atoms. The molecule has 4 heterocycles. The van der Waals surface area contributed by atoms with E-state index in [9.17, 15) is 32.4 Å². The number of pyridine rings is 1. The number of nitrogens with zero attached hydrogens (tertiary/aromatic N) is 2. The molecule has 16 heteroatoms. The number of amides is 5. The number of allylic oxidation sites excluding steroid dienone is 1. The molecule has 2 aliphatic carbocycles. The number of aromatic nitrogens is 1. The number of alkyl carbamates (subject to hydrolysis) is 1. The minimum absolute atomic E-state index is 0.00552. The Morgan fingerprint density at radius 2 is 1.70 bits per heavy atom. The van der Waals surface area contributed by atoms with Crippen LogP contribution in [0.2, 0.25) is 0 Å². The summed E-state index contributed by atoms with van der Waals surface area (Å²) in [7, 11) is -3.90. The topological polar surface area (TPSA) is 202 Å². The summed E-state index contributed by atoms with van der Waals surface area (Å²) >= 11 is 0. The van der Waals surface area contributed by atoms with Crippen molar-refractivity contribution >= 4 is 39.7 Å². The second-order valence-electron chi connectivity index (χ2n) is 14.8. The molecule has 2 saturated carbocycles. The molecule has 288 valence electrons. The third-order valence-corrected chi connectivity index (χ3v) is 12.5. The molecule has 5 amide bonds. The molecule has 3 aliphatic heterocycles. The van der Waals surface area contributed by atoms with E-state index in [1.54, 1.807) is 12.3 Å². The van der Waals surface area contributed by atoms with Crippen molar-refractivity contribution < 1.29 is 41.9 Å². The average molecular weight is 763 g/mol. The van der Waals surface area contributed by atoms with Crippen molar-refractivity contribution in [2.75, 3.05) is 19.8 Å². The Morgan fingerprint density at radius 3 is 2.52 bits per heavy atom. The van der Waals surface area contributed by atoms with Crippen molar-refractivity contribution in [3.05, 3.63) is 60.4 Å². The van der Waals surface area contributed by atoms with Gasteiger partial charge < -0.3 is 30.3 Å². The summed E-state index contributed by atoms with van der Waals surface area (Å²) in [5.74, 6) is -2.27. The van der Waals surface area contributed by atoms with Crippen molar-refractivity contribution in [3.63, 3.8) is 0 Å². The Morgan fingerprint density at radius 1 is 0.907 bits per heavy atom. The molecular formula is C38H46N6O9S. The van der Waals surface area contributed by atoms with Crippen LogP contribution in [-0.4, -0.2) is 96.7 Å². The molecule has 1 aromatic carbocycles. The minimum atomic E-state index is -3.90. The van der Waals surface area contributed by atoms with Gasteiger partial charge in [-0.2, -0.15) is 0 Å². The van der Waals surface area contributed by atoms with Gasteiger partial charge in [0, 0.05) is 36.5 Å². The van der Waals surface area contributed by atoms with Gasteiger partial charge >= 0.3 is 6.09 Å². The molecule has 7 rings (SSSR count). The minimum Gasteiger partial charge on any atom is -0.494 e. The number of carbonyl (C=O) groups excluding carboxylic acids is 5. The Hall–Kier alpha value is -4.99. The van der Waals surface area contributed by atoms with Gasteiger partial charge in [0.05, 0.1) is 24.0 Å². The number of ether oxygens (including phenoxy) is 2. The molecule has 5 aliphatic rings. The molecule has 1 aromatic heterocycles. The lowest BCUT2D eigenvalue weighted by Gasteiger charge is -2.30. The number of nitrogens with one attached hydrogen (secondary N) is 4. The zero-order chi connectivity index (χ0) is 37.9. The number of benzene rings is 1. The maximum absolute atomic E-state index is 14.4. The first-order valence-corrected chi connectivity index (χ1v) is 20.3. The van der Waals surface area contributed by atoms with E-state index in [0.717, 1.165) is 18.4 Å². The summed E-state index contributed by atoms with van der Waals surface area (Å²) in [4.78, 5) is 74.6. The SMILES string of the molecule is O=C1N[C@H]2CCCCC/C=C\[C@@H]3CC3(C(=O)NS(=O)(=O)C3CC3)NC(=O)[C@@H]3C[C@H](CN3C2=O)NC(=O)c2cncc(c2)-c2cccc(c2)OCCCCO1. The Balaban J connectivity index is 1.19. The number of hydrogen-bond acceptors (Lipinski definition) is 10. The summed E-state index contributed by atoms with van der Waals surface area (Å²) in [5.41, 5.74) is 0.224. The van der Waals surface area contributed by atoms with Crippen LogP contribution in [0.15, 0.2) is 54.9 Å². The lowest BCUT2D eigenvalue weighted by atomic mass is 10.0. The van der Waals surface area contributed by atoms with Crippen LogP contribution in [0.1, 0.15) is 81.0 Å². The number of hydrogen-bond donors (Lipinski definition) is 4. The van der Waals surface area contributed by atoms with Crippen molar-refractivity contribution in [2.24, 2.45) is 5.92 Å². The Bertz CT molecular complexity index is 1930. The van der Waals surface area contributed by atoms with E-state index < -0.39 is 74.6 Å². The standard InChI is InChI=1S/C38H46N6O9S/c45-33-26-17-25(21-39-22-26)24-9-8-11-29(18-24)52-15-6-7-16-53-37(49)41-31-12-5-3-1-2-4-10-27-20-38(27,36(48)43-54(50,51)30-13-14-30)42-34(46)32-19-28(40-33)23-44(32)35(31)47/h4,8-11,17-18,21-22,27-28,30-32H,1-3,5-7,12-16,19-20,23H2,(H,40,45)(H,41,49)(H,42,46)(H,43,48)/b10-4-/t27-,28-,31+,32+,38?/m1/s1. The van der Waals surface area contributed by atoms with Gasteiger partial charge in [0.25, 0.3) is 11.8 Å². The highest BCUT2D eigenvalue weighted by Crippen LogP contribution is 2.46. The Kier molecular flexibility index (Phi) is 10.9. The van der Waals surface area contributed by atoms with Gasteiger partial charge in [0.1, 0.15) is 23.4 Å². The van der Waals surface area contributed by atoms with E-state index in [0.29, 0.717) is 56.4 Å². The first-order chi connectivity index (χ1) is 26.0. The fourth-order valence-corrected chi connectivity index (χ4v) is 8.77. The van der Waals surface area contributed by atoms with E-state index in [-0.39, 0.29) is 38.0 Å². The first kappa shape index (κ1) is 37.3. The van der Waals surface area contributed by atoms with Crippen molar-refractivity contribution in [3.8, 4) is 16.9 Å². The van der Waals surface area contributed by atoms with Crippen LogP contribution in [0.4, 0.5) is 4.79 Å². The zero-order valence-electron chi connectivity index (χ0n) is 30.0. The molecule has 0 spiro atoms. The van der Waals surface area contributed by atoms with Gasteiger partial charge in [-0.05, 0) is 81.5 Å². The lowest BCUT2D eigenvalue weighted by Crippen LogP contribution is -2.58. The molecule has 7 bridgehead atoms. The van der Waals surface area contributed by atoms with E-state index in [2.05, 4.69) is 25.7 Å².